The van der Waals surface area contributed by atoms with E-state index in [1.54, 1.807) is 41.9 Å². The summed E-state index contributed by atoms with van der Waals surface area (Å²) in [5, 5.41) is 15.9. The van der Waals surface area contributed by atoms with Crippen molar-refractivity contribution in [3.05, 3.63) is 76.5 Å². The third-order valence-electron chi connectivity index (χ3n) is 4.45. The quantitative estimate of drug-likeness (QED) is 0.556. The molecule has 0 bridgehead atoms. The number of rotatable bonds is 3. The minimum atomic E-state index is -0.411. The standard InChI is InChI=1S/C20H15ClFN5O/c1-11-3-8-15(9-17(11)21)24-20(28)18-12(2)27-19(26-25-18)16(10-23-27)13-4-6-14(22)7-5-13/h3-10H,1-2H3,(H,24,28). The van der Waals surface area contributed by atoms with Crippen LogP contribution in [0.15, 0.2) is 48.7 Å². The van der Waals surface area contributed by atoms with E-state index in [1.165, 1.54) is 12.1 Å². The van der Waals surface area contributed by atoms with Crippen molar-refractivity contribution in [3.63, 3.8) is 0 Å². The molecule has 0 saturated heterocycles. The molecule has 2 aromatic heterocycles. The first kappa shape index (κ1) is 18.1. The molecule has 6 nitrogen and oxygen atoms in total. The Morgan fingerprint density at radius 3 is 2.57 bits per heavy atom. The topological polar surface area (TPSA) is 72.2 Å². The minimum Gasteiger partial charge on any atom is -0.320 e. The Labute approximate surface area is 165 Å². The number of nitrogens with zero attached hydrogens (tertiary/aromatic N) is 4. The number of hydrogen-bond acceptors (Lipinski definition) is 4. The number of hydrogen-bond donors (Lipinski definition) is 1. The Morgan fingerprint density at radius 1 is 1.11 bits per heavy atom. The summed E-state index contributed by atoms with van der Waals surface area (Å²) in [6, 6.07) is 11.3. The molecule has 1 N–H and O–H groups in total. The molecular formula is C20H15ClFN5O. The molecule has 8 heteroatoms. The zero-order valence-electron chi connectivity index (χ0n) is 15.1. The van der Waals surface area contributed by atoms with E-state index in [9.17, 15) is 9.18 Å². The number of halogens is 2. The highest BCUT2D eigenvalue weighted by Crippen LogP contribution is 2.25. The Bertz CT molecular complexity index is 1200. The van der Waals surface area contributed by atoms with Gasteiger partial charge in [-0.2, -0.15) is 5.10 Å². The molecule has 0 aliphatic carbocycles. The van der Waals surface area contributed by atoms with Crippen molar-refractivity contribution in [2.75, 3.05) is 5.32 Å². The van der Waals surface area contributed by atoms with Gasteiger partial charge in [-0.05, 0) is 49.2 Å². The van der Waals surface area contributed by atoms with Gasteiger partial charge in [0.05, 0.1) is 11.9 Å². The largest absolute Gasteiger partial charge is 0.320 e. The van der Waals surface area contributed by atoms with E-state index in [0.29, 0.717) is 27.6 Å². The molecule has 4 rings (SSSR count). The van der Waals surface area contributed by atoms with Crippen LogP contribution in [0.2, 0.25) is 5.02 Å². The SMILES string of the molecule is Cc1ccc(NC(=O)c2nnc3c(-c4ccc(F)cc4)cnn3c2C)cc1Cl. The van der Waals surface area contributed by atoms with Gasteiger partial charge >= 0.3 is 0 Å². The smallest absolute Gasteiger partial charge is 0.278 e. The van der Waals surface area contributed by atoms with Crippen molar-refractivity contribution in [2.24, 2.45) is 0 Å². The van der Waals surface area contributed by atoms with E-state index in [0.717, 1.165) is 11.1 Å². The molecule has 1 amide bonds. The minimum absolute atomic E-state index is 0.151. The second-order valence-electron chi connectivity index (χ2n) is 6.35. The molecule has 28 heavy (non-hydrogen) atoms. The van der Waals surface area contributed by atoms with Crippen LogP contribution in [0, 0.1) is 19.7 Å². The van der Waals surface area contributed by atoms with E-state index in [2.05, 4.69) is 20.6 Å². The van der Waals surface area contributed by atoms with E-state index in [4.69, 9.17) is 11.6 Å². The summed E-state index contributed by atoms with van der Waals surface area (Å²) < 4.78 is 14.7. The highest BCUT2D eigenvalue weighted by molar-refractivity contribution is 6.31. The van der Waals surface area contributed by atoms with Crippen molar-refractivity contribution in [1.29, 1.82) is 0 Å². The average Bonchev–Trinajstić information content (AvgIpc) is 3.10. The summed E-state index contributed by atoms with van der Waals surface area (Å²) >= 11 is 6.11. The molecule has 0 aliphatic heterocycles. The van der Waals surface area contributed by atoms with Crippen LogP contribution in [-0.4, -0.2) is 25.7 Å². The predicted octanol–water partition coefficient (Wildman–Crippen LogP) is 4.45. The van der Waals surface area contributed by atoms with Gasteiger partial charge in [0.25, 0.3) is 5.91 Å². The number of nitrogens with one attached hydrogen (secondary N) is 1. The molecule has 0 atom stereocenters. The lowest BCUT2D eigenvalue weighted by Crippen LogP contribution is -2.18. The molecule has 0 fully saturated rings. The predicted molar refractivity (Wildman–Crippen MR) is 105 cm³/mol. The first-order valence-electron chi connectivity index (χ1n) is 8.48. The number of fused-ring (bicyclic) bond motifs is 1. The number of anilines is 1. The van der Waals surface area contributed by atoms with Crippen LogP contribution in [0.4, 0.5) is 10.1 Å². The second-order valence-corrected chi connectivity index (χ2v) is 6.76. The highest BCUT2D eigenvalue weighted by Gasteiger charge is 2.18. The fraction of sp³-hybridized carbons (Fsp3) is 0.100. The van der Waals surface area contributed by atoms with Crippen LogP contribution < -0.4 is 5.32 Å². The van der Waals surface area contributed by atoms with Gasteiger partial charge in [-0.25, -0.2) is 8.91 Å². The van der Waals surface area contributed by atoms with Crippen LogP contribution in [0.25, 0.3) is 16.8 Å². The number of aryl methyl sites for hydroxylation is 2. The first-order chi connectivity index (χ1) is 13.4. The summed E-state index contributed by atoms with van der Waals surface area (Å²) in [4.78, 5) is 12.6. The fourth-order valence-corrected chi connectivity index (χ4v) is 3.04. The van der Waals surface area contributed by atoms with Crippen molar-refractivity contribution < 1.29 is 9.18 Å². The summed E-state index contributed by atoms with van der Waals surface area (Å²) in [6.45, 7) is 3.62. The molecular weight excluding hydrogens is 381 g/mol. The molecule has 140 valence electrons. The zero-order chi connectivity index (χ0) is 19.8. The average molecular weight is 396 g/mol. The molecule has 0 aliphatic rings. The highest BCUT2D eigenvalue weighted by atomic mass is 35.5. The van der Waals surface area contributed by atoms with Gasteiger partial charge < -0.3 is 5.32 Å². The van der Waals surface area contributed by atoms with Crippen LogP contribution in [0.1, 0.15) is 21.7 Å². The Kier molecular flexibility index (Phi) is 4.52. The number of aromatic nitrogens is 4. The van der Waals surface area contributed by atoms with Crippen LogP contribution in [0.5, 0.6) is 0 Å². The lowest BCUT2D eigenvalue weighted by Gasteiger charge is -2.09. The summed E-state index contributed by atoms with van der Waals surface area (Å²) in [7, 11) is 0. The lowest BCUT2D eigenvalue weighted by atomic mass is 10.1. The number of amides is 1. The monoisotopic (exact) mass is 395 g/mol. The Balaban J connectivity index is 1.69. The zero-order valence-corrected chi connectivity index (χ0v) is 15.8. The van der Waals surface area contributed by atoms with Crippen molar-refractivity contribution in [3.8, 4) is 11.1 Å². The molecule has 0 spiro atoms. The Hall–Kier alpha value is -3.32. The van der Waals surface area contributed by atoms with E-state index in [1.807, 2.05) is 13.0 Å². The molecule has 0 saturated carbocycles. The van der Waals surface area contributed by atoms with Crippen LogP contribution in [-0.2, 0) is 0 Å². The van der Waals surface area contributed by atoms with Gasteiger partial charge in [0, 0.05) is 16.3 Å². The van der Waals surface area contributed by atoms with E-state index >= 15 is 0 Å². The van der Waals surface area contributed by atoms with Gasteiger partial charge in [-0.15, -0.1) is 10.2 Å². The molecule has 0 radical (unpaired) electrons. The van der Waals surface area contributed by atoms with Gasteiger partial charge in [0.1, 0.15) is 5.82 Å². The summed E-state index contributed by atoms with van der Waals surface area (Å²) in [5.41, 5.74) is 4.12. The van der Waals surface area contributed by atoms with Crippen molar-refractivity contribution >= 4 is 28.8 Å². The number of benzene rings is 2. The first-order valence-corrected chi connectivity index (χ1v) is 8.86. The van der Waals surface area contributed by atoms with E-state index in [-0.39, 0.29) is 11.5 Å². The second kappa shape index (κ2) is 7.01. The molecule has 2 aromatic carbocycles. The number of carbonyl (C=O) groups is 1. The lowest BCUT2D eigenvalue weighted by molar-refractivity contribution is 0.102. The van der Waals surface area contributed by atoms with Gasteiger partial charge in [0.15, 0.2) is 11.3 Å². The maximum atomic E-state index is 13.2. The van der Waals surface area contributed by atoms with Gasteiger partial charge in [0.2, 0.25) is 0 Å². The van der Waals surface area contributed by atoms with Gasteiger partial charge in [-0.1, -0.05) is 29.8 Å². The fourth-order valence-electron chi connectivity index (χ4n) is 2.86. The van der Waals surface area contributed by atoms with Crippen LogP contribution in [0.3, 0.4) is 0 Å². The van der Waals surface area contributed by atoms with Crippen molar-refractivity contribution in [2.45, 2.75) is 13.8 Å². The molecule has 4 aromatic rings. The molecule has 0 unspecified atom stereocenters. The maximum absolute atomic E-state index is 13.2. The third kappa shape index (κ3) is 3.20. The number of carbonyl (C=O) groups excluding carboxylic acids is 1. The molecule has 2 heterocycles. The Morgan fingerprint density at radius 2 is 1.86 bits per heavy atom. The summed E-state index contributed by atoms with van der Waals surface area (Å²) in [5.74, 6) is -0.733. The maximum Gasteiger partial charge on any atom is 0.278 e. The van der Waals surface area contributed by atoms with E-state index < -0.39 is 5.91 Å². The third-order valence-corrected chi connectivity index (χ3v) is 4.86. The van der Waals surface area contributed by atoms with Gasteiger partial charge in [-0.3, -0.25) is 4.79 Å². The van der Waals surface area contributed by atoms with Crippen LogP contribution >= 0.6 is 11.6 Å². The van der Waals surface area contributed by atoms with Crippen molar-refractivity contribution in [1.82, 2.24) is 19.8 Å². The normalized spacial score (nSPS) is 11.0. The summed E-state index contributed by atoms with van der Waals surface area (Å²) in [6.07, 6.45) is 1.62.